The molecule has 35 heavy (non-hydrogen) atoms. The molecule has 0 fully saturated rings. The first kappa shape index (κ1) is 25.2. The SMILES string of the molecule is COC(=O)/C(C#N)=C/c1ccc(OC(=O)C(CC(C)C)N2C(=O)c3ccccc3C2=O)c(OC)c1. The zero-order valence-electron chi connectivity index (χ0n) is 19.7. The Morgan fingerprint density at radius 2 is 1.66 bits per heavy atom. The van der Waals surface area contributed by atoms with Crippen molar-refractivity contribution in [2.24, 2.45) is 5.92 Å². The van der Waals surface area contributed by atoms with Crippen molar-refractivity contribution in [2.45, 2.75) is 26.3 Å². The second kappa shape index (κ2) is 10.7. The van der Waals surface area contributed by atoms with Crippen LogP contribution in [0.2, 0.25) is 0 Å². The lowest BCUT2D eigenvalue weighted by Gasteiger charge is -2.26. The van der Waals surface area contributed by atoms with E-state index in [1.54, 1.807) is 30.3 Å². The fourth-order valence-corrected chi connectivity index (χ4v) is 3.69. The van der Waals surface area contributed by atoms with Crippen LogP contribution in [-0.4, -0.2) is 48.9 Å². The monoisotopic (exact) mass is 476 g/mol. The summed E-state index contributed by atoms with van der Waals surface area (Å²) in [6.45, 7) is 3.74. The van der Waals surface area contributed by atoms with Crippen molar-refractivity contribution in [3.8, 4) is 17.6 Å². The van der Waals surface area contributed by atoms with E-state index in [9.17, 15) is 19.2 Å². The molecule has 1 unspecified atom stereocenters. The molecule has 2 aromatic rings. The lowest BCUT2D eigenvalue weighted by atomic mass is 10.0. The molecular weight excluding hydrogens is 452 g/mol. The maximum Gasteiger partial charge on any atom is 0.348 e. The molecule has 0 aliphatic carbocycles. The fourth-order valence-electron chi connectivity index (χ4n) is 3.69. The smallest absolute Gasteiger partial charge is 0.348 e. The summed E-state index contributed by atoms with van der Waals surface area (Å²) in [5, 5.41) is 9.15. The third kappa shape index (κ3) is 5.22. The maximum atomic E-state index is 13.2. The van der Waals surface area contributed by atoms with Crippen LogP contribution in [0.15, 0.2) is 48.0 Å². The second-order valence-electron chi connectivity index (χ2n) is 8.16. The number of fused-ring (bicyclic) bond motifs is 1. The van der Waals surface area contributed by atoms with Crippen molar-refractivity contribution >= 4 is 29.8 Å². The van der Waals surface area contributed by atoms with E-state index in [2.05, 4.69) is 4.74 Å². The molecule has 1 atom stereocenters. The number of carbonyl (C=O) groups is 4. The van der Waals surface area contributed by atoms with Crippen LogP contribution < -0.4 is 9.47 Å². The Morgan fingerprint density at radius 3 is 2.17 bits per heavy atom. The minimum atomic E-state index is -1.14. The molecule has 1 heterocycles. The van der Waals surface area contributed by atoms with Crippen LogP contribution in [0, 0.1) is 17.2 Å². The van der Waals surface area contributed by atoms with Gasteiger partial charge in [0.05, 0.1) is 25.3 Å². The molecule has 3 rings (SSSR count). The minimum absolute atomic E-state index is 0.0194. The molecule has 0 saturated heterocycles. The Balaban J connectivity index is 1.91. The first-order chi connectivity index (χ1) is 16.7. The van der Waals surface area contributed by atoms with E-state index in [1.165, 1.54) is 38.5 Å². The summed E-state index contributed by atoms with van der Waals surface area (Å²) in [6.07, 6.45) is 1.51. The van der Waals surface area contributed by atoms with Crippen LogP contribution in [0.4, 0.5) is 0 Å². The highest BCUT2D eigenvalue weighted by atomic mass is 16.6. The number of rotatable bonds is 8. The molecule has 1 aliphatic heterocycles. The van der Waals surface area contributed by atoms with Gasteiger partial charge in [0.1, 0.15) is 17.7 Å². The van der Waals surface area contributed by atoms with E-state index in [-0.39, 0.29) is 40.5 Å². The number of amides is 2. The highest BCUT2D eigenvalue weighted by Crippen LogP contribution is 2.32. The fraction of sp³-hybridized carbons (Fsp3) is 0.269. The van der Waals surface area contributed by atoms with Gasteiger partial charge in [-0.3, -0.25) is 14.5 Å². The van der Waals surface area contributed by atoms with E-state index in [0.29, 0.717) is 5.56 Å². The van der Waals surface area contributed by atoms with Crippen LogP contribution in [0.1, 0.15) is 46.5 Å². The molecule has 2 amide bonds. The number of esters is 2. The average Bonchev–Trinajstić information content (AvgIpc) is 3.10. The molecule has 0 bridgehead atoms. The zero-order chi connectivity index (χ0) is 25.7. The Kier molecular flexibility index (Phi) is 7.66. The van der Waals surface area contributed by atoms with Gasteiger partial charge >= 0.3 is 11.9 Å². The minimum Gasteiger partial charge on any atom is -0.493 e. The van der Waals surface area contributed by atoms with Crippen LogP contribution in [0.25, 0.3) is 6.08 Å². The van der Waals surface area contributed by atoms with Crippen molar-refractivity contribution in [3.63, 3.8) is 0 Å². The molecule has 0 spiro atoms. The molecule has 1 aliphatic rings. The Hall–Kier alpha value is -4.45. The predicted octanol–water partition coefficient (Wildman–Crippen LogP) is 3.39. The van der Waals surface area contributed by atoms with Gasteiger partial charge < -0.3 is 14.2 Å². The molecule has 0 N–H and O–H groups in total. The van der Waals surface area contributed by atoms with Crippen LogP contribution in [0.3, 0.4) is 0 Å². The summed E-state index contributed by atoms with van der Waals surface area (Å²) < 4.78 is 15.5. The lowest BCUT2D eigenvalue weighted by molar-refractivity contribution is -0.139. The van der Waals surface area contributed by atoms with Gasteiger partial charge in [-0.25, -0.2) is 9.59 Å². The van der Waals surface area contributed by atoms with E-state index >= 15 is 0 Å². The zero-order valence-corrected chi connectivity index (χ0v) is 19.7. The summed E-state index contributed by atoms with van der Waals surface area (Å²) in [4.78, 5) is 51.8. The number of nitriles is 1. The number of benzene rings is 2. The van der Waals surface area contributed by atoms with Crippen molar-refractivity contribution in [3.05, 3.63) is 64.7 Å². The number of carbonyl (C=O) groups excluding carboxylic acids is 4. The molecule has 0 saturated carbocycles. The van der Waals surface area contributed by atoms with Crippen LogP contribution >= 0.6 is 0 Å². The van der Waals surface area contributed by atoms with Gasteiger partial charge in [0.2, 0.25) is 0 Å². The molecule has 180 valence electrons. The van der Waals surface area contributed by atoms with E-state index < -0.39 is 29.8 Å². The van der Waals surface area contributed by atoms with Gasteiger partial charge in [0, 0.05) is 0 Å². The third-order valence-electron chi connectivity index (χ3n) is 5.34. The highest BCUT2D eigenvalue weighted by molar-refractivity contribution is 6.22. The van der Waals surface area contributed by atoms with E-state index in [0.717, 1.165) is 4.90 Å². The first-order valence-electron chi connectivity index (χ1n) is 10.8. The topological polar surface area (TPSA) is 123 Å². The molecule has 2 aromatic carbocycles. The standard InChI is InChI=1S/C26H24N2O7/c1-15(2)11-20(28-23(29)18-7-5-6-8-19(18)24(28)30)26(32)35-21-10-9-16(13-22(21)33-3)12-17(14-27)25(31)34-4/h5-10,12-13,15,20H,11H2,1-4H3/b17-12+. The summed E-state index contributed by atoms with van der Waals surface area (Å²) in [7, 11) is 2.53. The quantitative estimate of drug-likeness (QED) is 0.187. The van der Waals surface area contributed by atoms with Gasteiger partial charge in [-0.2, -0.15) is 5.26 Å². The van der Waals surface area contributed by atoms with Crippen molar-refractivity contribution in [1.82, 2.24) is 4.90 Å². The Morgan fingerprint density at radius 1 is 1.03 bits per heavy atom. The molecule has 0 radical (unpaired) electrons. The average molecular weight is 476 g/mol. The highest BCUT2D eigenvalue weighted by Gasteiger charge is 2.43. The van der Waals surface area contributed by atoms with Gasteiger partial charge in [0.15, 0.2) is 11.5 Å². The second-order valence-corrected chi connectivity index (χ2v) is 8.16. The van der Waals surface area contributed by atoms with Crippen molar-refractivity contribution in [1.29, 1.82) is 5.26 Å². The normalized spacial score (nSPS) is 13.8. The predicted molar refractivity (Wildman–Crippen MR) is 124 cm³/mol. The summed E-state index contributed by atoms with van der Waals surface area (Å²) in [6, 6.07) is 11.4. The van der Waals surface area contributed by atoms with Crippen molar-refractivity contribution < 1.29 is 33.4 Å². The van der Waals surface area contributed by atoms with E-state index in [4.69, 9.17) is 14.7 Å². The Labute approximate surface area is 202 Å². The number of hydrogen-bond acceptors (Lipinski definition) is 8. The Bertz CT molecular complexity index is 1220. The molecular formula is C26H24N2O7. The van der Waals surface area contributed by atoms with Crippen molar-refractivity contribution in [2.75, 3.05) is 14.2 Å². The van der Waals surface area contributed by atoms with Gasteiger partial charge in [-0.05, 0) is 48.2 Å². The van der Waals surface area contributed by atoms with Gasteiger partial charge in [-0.15, -0.1) is 0 Å². The first-order valence-corrected chi connectivity index (χ1v) is 10.8. The molecule has 9 nitrogen and oxygen atoms in total. The number of methoxy groups -OCH3 is 2. The van der Waals surface area contributed by atoms with Crippen LogP contribution in [0.5, 0.6) is 11.5 Å². The third-order valence-corrected chi connectivity index (χ3v) is 5.34. The molecule has 0 aromatic heterocycles. The summed E-state index contributed by atoms with van der Waals surface area (Å²) in [5.41, 5.74) is 0.697. The number of imide groups is 1. The number of nitrogens with zero attached hydrogens (tertiary/aromatic N) is 2. The largest absolute Gasteiger partial charge is 0.493 e. The van der Waals surface area contributed by atoms with Gasteiger partial charge in [-0.1, -0.05) is 32.0 Å². The van der Waals surface area contributed by atoms with E-state index in [1.807, 2.05) is 13.8 Å². The van der Waals surface area contributed by atoms with Crippen LogP contribution in [-0.2, 0) is 14.3 Å². The number of ether oxygens (including phenoxy) is 3. The van der Waals surface area contributed by atoms with Gasteiger partial charge in [0.25, 0.3) is 11.8 Å². The summed E-state index contributed by atoms with van der Waals surface area (Å²) in [5.74, 6) is -2.49. The lowest BCUT2D eigenvalue weighted by Crippen LogP contribution is -2.47. The maximum absolute atomic E-state index is 13.2. The summed E-state index contributed by atoms with van der Waals surface area (Å²) >= 11 is 0. The number of hydrogen-bond donors (Lipinski definition) is 0. The molecule has 9 heteroatoms.